The van der Waals surface area contributed by atoms with Crippen molar-refractivity contribution in [2.75, 3.05) is 31.1 Å². The zero-order valence-electron chi connectivity index (χ0n) is 14.0. The van der Waals surface area contributed by atoms with Gasteiger partial charge in [0.2, 0.25) is 0 Å². The van der Waals surface area contributed by atoms with Crippen LogP contribution in [0.15, 0.2) is 18.3 Å². The van der Waals surface area contributed by atoms with E-state index in [0.717, 1.165) is 13.1 Å². The second-order valence-electron chi connectivity index (χ2n) is 7.10. The summed E-state index contributed by atoms with van der Waals surface area (Å²) in [6.07, 6.45) is 1.84. The minimum absolute atomic E-state index is 0.0613. The maximum absolute atomic E-state index is 12.9. The van der Waals surface area contributed by atoms with Gasteiger partial charge in [0, 0.05) is 38.9 Å². The molecule has 0 aromatic carbocycles. The van der Waals surface area contributed by atoms with Gasteiger partial charge in [-0.2, -0.15) is 0 Å². The Kier molecular flexibility index (Phi) is 4.27. The minimum Gasteiger partial charge on any atom is -0.347 e. The highest BCUT2D eigenvalue weighted by Gasteiger charge is 2.48. The predicted molar refractivity (Wildman–Crippen MR) is 89.1 cm³/mol. The third kappa shape index (κ3) is 3.17. The van der Waals surface area contributed by atoms with Crippen LogP contribution in [0, 0.1) is 5.92 Å². The molecule has 3 rings (SSSR count). The molecule has 23 heavy (non-hydrogen) atoms. The third-order valence-corrected chi connectivity index (χ3v) is 6.51. The SMILES string of the molecule is CC(C)CN1CCN(C(=O)c2cccn2C)C2CS(=O)(=O)CC21. The van der Waals surface area contributed by atoms with E-state index in [2.05, 4.69) is 18.7 Å². The Bertz CT molecular complexity index is 695. The summed E-state index contributed by atoms with van der Waals surface area (Å²) < 4.78 is 26.2. The van der Waals surface area contributed by atoms with Crippen LogP contribution >= 0.6 is 0 Å². The molecule has 7 heteroatoms. The van der Waals surface area contributed by atoms with Crippen LogP contribution in [0.5, 0.6) is 0 Å². The largest absolute Gasteiger partial charge is 0.347 e. The first-order valence-corrected chi connectivity index (χ1v) is 9.97. The van der Waals surface area contributed by atoms with Crippen molar-refractivity contribution in [2.45, 2.75) is 25.9 Å². The summed E-state index contributed by atoms with van der Waals surface area (Å²) in [6, 6.07) is 3.34. The van der Waals surface area contributed by atoms with Crippen molar-refractivity contribution in [1.82, 2.24) is 14.4 Å². The molecule has 0 aliphatic carbocycles. The van der Waals surface area contributed by atoms with Gasteiger partial charge in [0.1, 0.15) is 5.69 Å². The van der Waals surface area contributed by atoms with Crippen LogP contribution in [-0.2, 0) is 16.9 Å². The Morgan fingerprint density at radius 1 is 1.26 bits per heavy atom. The van der Waals surface area contributed by atoms with Gasteiger partial charge in [-0.3, -0.25) is 9.69 Å². The fourth-order valence-electron chi connectivity index (χ4n) is 3.80. The van der Waals surface area contributed by atoms with Gasteiger partial charge in [0.15, 0.2) is 9.84 Å². The van der Waals surface area contributed by atoms with E-state index < -0.39 is 9.84 Å². The summed E-state index contributed by atoms with van der Waals surface area (Å²) in [4.78, 5) is 16.9. The summed E-state index contributed by atoms with van der Waals surface area (Å²) in [5.41, 5.74) is 0.616. The molecular weight excluding hydrogens is 314 g/mol. The molecule has 0 spiro atoms. The van der Waals surface area contributed by atoms with Crippen LogP contribution in [0.3, 0.4) is 0 Å². The number of aromatic nitrogens is 1. The third-order valence-electron chi connectivity index (χ3n) is 4.81. The molecule has 1 aromatic rings. The lowest BCUT2D eigenvalue weighted by atomic mass is 10.0. The zero-order chi connectivity index (χ0) is 16.8. The summed E-state index contributed by atoms with van der Waals surface area (Å²) in [5.74, 6) is 0.673. The lowest BCUT2D eigenvalue weighted by molar-refractivity contribution is 0.0290. The number of fused-ring (bicyclic) bond motifs is 1. The molecular formula is C16H25N3O3S. The Morgan fingerprint density at radius 3 is 2.57 bits per heavy atom. The van der Waals surface area contributed by atoms with Gasteiger partial charge in [-0.15, -0.1) is 0 Å². The molecule has 2 atom stereocenters. The number of amides is 1. The van der Waals surface area contributed by atoms with E-state index in [9.17, 15) is 13.2 Å². The van der Waals surface area contributed by atoms with E-state index >= 15 is 0 Å². The van der Waals surface area contributed by atoms with E-state index in [-0.39, 0.29) is 29.5 Å². The second kappa shape index (κ2) is 5.94. The molecule has 3 heterocycles. The number of carbonyl (C=O) groups excluding carboxylic acids is 1. The van der Waals surface area contributed by atoms with Crippen molar-refractivity contribution in [2.24, 2.45) is 13.0 Å². The minimum atomic E-state index is -3.09. The highest BCUT2D eigenvalue weighted by atomic mass is 32.2. The van der Waals surface area contributed by atoms with Crippen molar-refractivity contribution in [3.05, 3.63) is 24.0 Å². The number of piperazine rings is 1. The number of rotatable bonds is 3. The number of hydrogen-bond acceptors (Lipinski definition) is 4. The Balaban J connectivity index is 1.87. The van der Waals surface area contributed by atoms with Gasteiger partial charge >= 0.3 is 0 Å². The molecule has 1 amide bonds. The van der Waals surface area contributed by atoms with Gasteiger partial charge in [-0.05, 0) is 18.1 Å². The lowest BCUT2D eigenvalue weighted by Crippen LogP contribution is -2.61. The molecule has 2 fully saturated rings. The van der Waals surface area contributed by atoms with Crippen LogP contribution in [0.2, 0.25) is 0 Å². The maximum atomic E-state index is 12.9. The van der Waals surface area contributed by atoms with Gasteiger partial charge in [0.05, 0.1) is 17.5 Å². The number of aryl methyl sites for hydroxylation is 1. The molecule has 2 aliphatic rings. The lowest BCUT2D eigenvalue weighted by Gasteiger charge is -2.44. The van der Waals surface area contributed by atoms with Crippen molar-refractivity contribution >= 4 is 15.7 Å². The van der Waals surface area contributed by atoms with Crippen LogP contribution in [0.4, 0.5) is 0 Å². The van der Waals surface area contributed by atoms with Crippen molar-refractivity contribution in [3.8, 4) is 0 Å². The Labute approximate surface area is 138 Å². The van der Waals surface area contributed by atoms with Crippen molar-refractivity contribution in [1.29, 1.82) is 0 Å². The first kappa shape index (κ1) is 16.5. The molecule has 1 aromatic heterocycles. The molecule has 0 bridgehead atoms. The zero-order valence-corrected chi connectivity index (χ0v) is 14.8. The van der Waals surface area contributed by atoms with E-state index in [1.54, 1.807) is 15.5 Å². The quantitative estimate of drug-likeness (QED) is 0.809. The first-order chi connectivity index (χ1) is 10.8. The van der Waals surface area contributed by atoms with Crippen LogP contribution < -0.4 is 0 Å². The monoisotopic (exact) mass is 339 g/mol. The molecule has 128 valence electrons. The topological polar surface area (TPSA) is 62.6 Å². The highest BCUT2D eigenvalue weighted by molar-refractivity contribution is 7.91. The number of hydrogen-bond donors (Lipinski definition) is 0. The molecule has 0 radical (unpaired) electrons. The summed E-state index contributed by atoms with van der Waals surface area (Å²) in [7, 11) is -1.25. The van der Waals surface area contributed by atoms with E-state index in [1.165, 1.54) is 0 Å². The summed E-state index contributed by atoms with van der Waals surface area (Å²) in [5, 5.41) is 0. The smallest absolute Gasteiger partial charge is 0.270 e. The predicted octanol–water partition coefficient (Wildman–Crippen LogP) is 0.605. The molecule has 2 unspecified atom stereocenters. The fraction of sp³-hybridized carbons (Fsp3) is 0.688. The average molecular weight is 339 g/mol. The standard InChI is InChI=1S/C16H25N3O3S/c1-12(2)9-18-7-8-19(15-11-23(21,22)10-14(15)18)16(20)13-5-4-6-17(13)3/h4-6,12,14-15H,7-11H2,1-3H3. The summed E-state index contributed by atoms with van der Waals surface area (Å²) >= 11 is 0. The molecule has 2 aliphatic heterocycles. The first-order valence-electron chi connectivity index (χ1n) is 8.15. The summed E-state index contributed by atoms with van der Waals surface area (Å²) in [6.45, 7) is 6.49. The number of carbonyl (C=O) groups is 1. The van der Waals surface area contributed by atoms with Crippen LogP contribution in [-0.4, -0.2) is 71.9 Å². The van der Waals surface area contributed by atoms with Crippen LogP contribution in [0.1, 0.15) is 24.3 Å². The van der Waals surface area contributed by atoms with Crippen LogP contribution in [0.25, 0.3) is 0 Å². The normalized spacial score (nSPS) is 27.4. The Morgan fingerprint density at radius 2 is 1.96 bits per heavy atom. The van der Waals surface area contributed by atoms with E-state index in [1.807, 2.05) is 19.3 Å². The highest BCUT2D eigenvalue weighted by Crippen LogP contribution is 2.28. The van der Waals surface area contributed by atoms with Gasteiger partial charge < -0.3 is 9.47 Å². The molecule has 0 saturated carbocycles. The van der Waals surface area contributed by atoms with Crippen molar-refractivity contribution in [3.63, 3.8) is 0 Å². The molecule has 6 nitrogen and oxygen atoms in total. The van der Waals surface area contributed by atoms with Gasteiger partial charge in [0.25, 0.3) is 5.91 Å². The van der Waals surface area contributed by atoms with E-state index in [4.69, 9.17) is 0 Å². The number of sulfone groups is 1. The number of nitrogens with zero attached hydrogens (tertiary/aromatic N) is 3. The molecule has 0 N–H and O–H groups in total. The molecule has 2 saturated heterocycles. The fourth-order valence-corrected chi connectivity index (χ4v) is 5.81. The van der Waals surface area contributed by atoms with Gasteiger partial charge in [-0.1, -0.05) is 13.8 Å². The Hall–Kier alpha value is -1.34. The second-order valence-corrected chi connectivity index (χ2v) is 9.26. The average Bonchev–Trinajstić information content (AvgIpc) is 3.00. The van der Waals surface area contributed by atoms with Gasteiger partial charge in [-0.25, -0.2) is 8.42 Å². The maximum Gasteiger partial charge on any atom is 0.270 e. The van der Waals surface area contributed by atoms with Crippen molar-refractivity contribution < 1.29 is 13.2 Å². The van der Waals surface area contributed by atoms with E-state index in [0.29, 0.717) is 18.2 Å².